The second-order valence-electron chi connectivity index (χ2n) is 7.12. The predicted octanol–water partition coefficient (Wildman–Crippen LogP) is 3.51. The smallest absolute Gasteiger partial charge is 0.237 e. The van der Waals surface area contributed by atoms with Gasteiger partial charge in [-0.3, -0.25) is 4.57 Å². The van der Waals surface area contributed by atoms with Gasteiger partial charge in [0.1, 0.15) is 0 Å². The van der Waals surface area contributed by atoms with Gasteiger partial charge in [-0.25, -0.2) is 0 Å². The van der Waals surface area contributed by atoms with Crippen molar-refractivity contribution in [2.24, 2.45) is 0 Å². The average Bonchev–Trinajstić information content (AvgIpc) is 3.47. The van der Waals surface area contributed by atoms with Crippen LogP contribution in [0.3, 0.4) is 0 Å². The Morgan fingerprint density at radius 1 is 0.903 bits per heavy atom. The Labute approximate surface area is 184 Å². The molecule has 2 aromatic carbocycles. The first-order valence-corrected chi connectivity index (χ1v) is 11.2. The van der Waals surface area contributed by atoms with Crippen molar-refractivity contribution in [3.63, 3.8) is 0 Å². The Hall–Kier alpha value is -3.17. The van der Waals surface area contributed by atoms with E-state index in [-0.39, 0.29) is 0 Å². The minimum absolute atomic E-state index is 0.524. The van der Waals surface area contributed by atoms with Gasteiger partial charge < -0.3 is 14.2 Å². The van der Waals surface area contributed by atoms with Crippen molar-refractivity contribution in [1.82, 2.24) is 24.9 Å². The van der Waals surface area contributed by atoms with E-state index in [1.807, 2.05) is 48.5 Å². The van der Waals surface area contributed by atoms with Crippen LogP contribution >= 0.6 is 11.8 Å². The van der Waals surface area contributed by atoms with Gasteiger partial charge in [0.05, 0.1) is 25.5 Å². The Balaban J connectivity index is 1.36. The fourth-order valence-electron chi connectivity index (χ4n) is 3.43. The highest BCUT2D eigenvalue weighted by molar-refractivity contribution is 7.98. The molecule has 9 heteroatoms. The molecule has 2 aromatic heterocycles. The lowest BCUT2D eigenvalue weighted by molar-refractivity contribution is 0.121. The van der Waals surface area contributed by atoms with Crippen molar-refractivity contribution >= 4 is 17.7 Å². The lowest BCUT2D eigenvalue weighted by Gasteiger charge is -2.28. The van der Waals surface area contributed by atoms with Crippen molar-refractivity contribution in [2.75, 3.05) is 31.2 Å². The van der Waals surface area contributed by atoms with Crippen LogP contribution in [0.1, 0.15) is 11.5 Å². The van der Waals surface area contributed by atoms with Gasteiger partial charge in [0.15, 0.2) is 5.16 Å². The quantitative estimate of drug-likeness (QED) is 0.409. The highest BCUT2D eigenvalue weighted by Crippen LogP contribution is 2.27. The van der Waals surface area contributed by atoms with Crippen molar-refractivity contribution < 1.29 is 9.26 Å². The minimum atomic E-state index is 0.524. The SMILES string of the molecule is c1ccc(Cn2c(SCc3nc(-c4ccccc4)no3)nnc2N2CCOCC2)cc1. The van der Waals surface area contributed by atoms with E-state index in [1.165, 1.54) is 5.56 Å². The third kappa shape index (κ3) is 4.62. The third-order valence-electron chi connectivity index (χ3n) is 5.00. The number of hydrogen-bond donors (Lipinski definition) is 0. The van der Waals surface area contributed by atoms with E-state index in [2.05, 4.69) is 41.9 Å². The molecule has 158 valence electrons. The van der Waals surface area contributed by atoms with Crippen molar-refractivity contribution in [3.05, 3.63) is 72.1 Å². The van der Waals surface area contributed by atoms with E-state index in [0.717, 1.165) is 29.8 Å². The molecule has 3 heterocycles. The molecule has 0 aliphatic carbocycles. The maximum absolute atomic E-state index is 5.50. The van der Waals surface area contributed by atoms with Gasteiger partial charge in [0.25, 0.3) is 0 Å². The molecule has 1 aliphatic heterocycles. The molecule has 0 unspecified atom stereocenters. The molecule has 1 saturated heterocycles. The van der Waals surface area contributed by atoms with Crippen molar-refractivity contribution in [1.29, 1.82) is 0 Å². The fourth-order valence-corrected chi connectivity index (χ4v) is 4.20. The summed E-state index contributed by atoms with van der Waals surface area (Å²) < 4.78 is 13.1. The second kappa shape index (κ2) is 9.32. The lowest BCUT2D eigenvalue weighted by atomic mass is 10.2. The Morgan fingerprint density at radius 3 is 2.42 bits per heavy atom. The molecular formula is C22H22N6O2S. The maximum atomic E-state index is 5.50. The molecule has 0 bridgehead atoms. The van der Waals surface area contributed by atoms with Crippen LogP contribution < -0.4 is 4.90 Å². The van der Waals surface area contributed by atoms with E-state index in [0.29, 0.717) is 37.2 Å². The summed E-state index contributed by atoms with van der Waals surface area (Å²) in [7, 11) is 0. The van der Waals surface area contributed by atoms with Gasteiger partial charge in [0, 0.05) is 18.7 Å². The summed E-state index contributed by atoms with van der Waals surface area (Å²) in [6, 6.07) is 20.1. The van der Waals surface area contributed by atoms with Crippen LogP contribution in [0.4, 0.5) is 5.95 Å². The van der Waals surface area contributed by atoms with Crippen LogP contribution in [0.15, 0.2) is 70.3 Å². The second-order valence-corrected chi connectivity index (χ2v) is 8.06. The number of anilines is 1. The summed E-state index contributed by atoms with van der Waals surface area (Å²) >= 11 is 1.55. The number of benzene rings is 2. The molecule has 5 rings (SSSR count). The number of rotatable bonds is 7. The maximum Gasteiger partial charge on any atom is 0.237 e. The summed E-state index contributed by atoms with van der Waals surface area (Å²) in [5, 5.41) is 13.9. The summed E-state index contributed by atoms with van der Waals surface area (Å²) in [5.74, 6) is 2.54. The standard InChI is InChI=1S/C22H22N6O2S/c1-3-7-17(8-4-1)15-28-21(27-11-13-29-14-12-27)24-25-22(28)31-16-19-23-20(26-30-19)18-9-5-2-6-10-18/h1-10H,11-16H2. The van der Waals surface area contributed by atoms with Crippen molar-refractivity contribution in [3.8, 4) is 11.4 Å². The first-order valence-electron chi connectivity index (χ1n) is 10.2. The van der Waals surface area contributed by atoms with E-state index < -0.39 is 0 Å². The molecule has 1 aliphatic rings. The molecule has 0 N–H and O–H groups in total. The summed E-state index contributed by atoms with van der Waals surface area (Å²) in [6.07, 6.45) is 0. The van der Waals surface area contributed by atoms with Gasteiger partial charge in [-0.1, -0.05) is 77.6 Å². The molecule has 0 atom stereocenters. The first-order chi connectivity index (χ1) is 15.4. The number of aromatic nitrogens is 5. The minimum Gasteiger partial charge on any atom is -0.378 e. The molecule has 1 fully saturated rings. The van der Waals surface area contributed by atoms with Gasteiger partial charge in [0.2, 0.25) is 17.7 Å². The van der Waals surface area contributed by atoms with E-state index >= 15 is 0 Å². The number of nitrogens with zero attached hydrogens (tertiary/aromatic N) is 6. The first kappa shape index (κ1) is 19.8. The topological polar surface area (TPSA) is 82.1 Å². The zero-order chi connectivity index (χ0) is 20.9. The van der Waals surface area contributed by atoms with Gasteiger partial charge in [-0.2, -0.15) is 4.98 Å². The van der Waals surface area contributed by atoms with Gasteiger partial charge in [-0.05, 0) is 5.56 Å². The predicted molar refractivity (Wildman–Crippen MR) is 118 cm³/mol. The van der Waals surface area contributed by atoms with Crippen LogP contribution in [0.5, 0.6) is 0 Å². The molecule has 0 saturated carbocycles. The largest absolute Gasteiger partial charge is 0.378 e. The number of ether oxygens (including phenoxy) is 1. The molecule has 0 radical (unpaired) electrons. The van der Waals surface area contributed by atoms with Crippen LogP contribution in [0.25, 0.3) is 11.4 Å². The van der Waals surface area contributed by atoms with Crippen molar-refractivity contribution in [2.45, 2.75) is 17.5 Å². The van der Waals surface area contributed by atoms with E-state index in [9.17, 15) is 0 Å². The average molecular weight is 435 g/mol. The zero-order valence-electron chi connectivity index (χ0n) is 16.9. The molecule has 31 heavy (non-hydrogen) atoms. The van der Waals surface area contributed by atoms with Crippen LogP contribution in [-0.4, -0.2) is 51.2 Å². The fraction of sp³-hybridized carbons (Fsp3) is 0.273. The van der Waals surface area contributed by atoms with Crippen LogP contribution in [-0.2, 0) is 17.0 Å². The number of thioether (sulfide) groups is 1. The normalized spacial score (nSPS) is 14.1. The third-order valence-corrected chi connectivity index (χ3v) is 5.95. The Kier molecular flexibility index (Phi) is 5.94. The Morgan fingerprint density at radius 2 is 1.65 bits per heavy atom. The Bertz CT molecular complexity index is 1110. The summed E-state index contributed by atoms with van der Waals surface area (Å²) in [4.78, 5) is 6.75. The van der Waals surface area contributed by atoms with Crippen LogP contribution in [0, 0.1) is 0 Å². The summed E-state index contributed by atoms with van der Waals surface area (Å²) in [5.41, 5.74) is 2.13. The number of morpholine rings is 1. The molecular weight excluding hydrogens is 412 g/mol. The van der Waals surface area contributed by atoms with E-state index in [4.69, 9.17) is 9.26 Å². The molecule has 0 amide bonds. The summed E-state index contributed by atoms with van der Waals surface area (Å²) in [6.45, 7) is 3.71. The molecule has 8 nitrogen and oxygen atoms in total. The van der Waals surface area contributed by atoms with E-state index in [1.54, 1.807) is 11.8 Å². The van der Waals surface area contributed by atoms with Crippen LogP contribution in [0.2, 0.25) is 0 Å². The lowest BCUT2D eigenvalue weighted by Crippen LogP contribution is -2.38. The van der Waals surface area contributed by atoms with Gasteiger partial charge >= 0.3 is 0 Å². The molecule has 4 aromatic rings. The monoisotopic (exact) mass is 434 g/mol. The van der Waals surface area contributed by atoms with Gasteiger partial charge in [-0.15, -0.1) is 10.2 Å². The number of hydrogen-bond acceptors (Lipinski definition) is 8. The highest BCUT2D eigenvalue weighted by Gasteiger charge is 2.21. The molecule has 0 spiro atoms. The highest BCUT2D eigenvalue weighted by atomic mass is 32.2. The zero-order valence-corrected chi connectivity index (χ0v) is 17.7.